The highest BCUT2D eigenvalue weighted by Gasteiger charge is 2.24. The lowest BCUT2D eigenvalue weighted by molar-refractivity contribution is 0.766. The number of benzene rings is 1. The second kappa shape index (κ2) is 2.96. The van der Waals surface area contributed by atoms with E-state index >= 15 is 0 Å². The number of rotatable bonds is 2. The summed E-state index contributed by atoms with van der Waals surface area (Å²) in [5, 5.41) is 0. The first-order chi connectivity index (χ1) is 7.25. The fourth-order valence-corrected chi connectivity index (χ4v) is 1.94. The summed E-state index contributed by atoms with van der Waals surface area (Å²) in [6.07, 6.45) is 4.55. The van der Waals surface area contributed by atoms with Gasteiger partial charge in [0.05, 0.1) is 17.4 Å². The van der Waals surface area contributed by atoms with Crippen LogP contribution in [0.1, 0.15) is 31.4 Å². The zero-order valence-electron chi connectivity index (χ0n) is 8.90. The van der Waals surface area contributed by atoms with E-state index in [2.05, 4.69) is 34.3 Å². The Labute approximate surface area is 89.2 Å². The fraction of sp³-hybridized carbons (Fsp3) is 0.308. The molecule has 1 aliphatic carbocycles. The largest absolute Gasteiger partial charge is 0.327 e. The van der Waals surface area contributed by atoms with Gasteiger partial charge in [0.25, 0.3) is 0 Å². The molecule has 2 aromatic rings. The first-order valence-corrected chi connectivity index (χ1v) is 5.38. The summed E-state index contributed by atoms with van der Waals surface area (Å²) in [7, 11) is 0. The van der Waals surface area contributed by atoms with E-state index in [-0.39, 0.29) is 0 Å². The Morgan fingerprint density at radius 2 is 2.27 bits per heavy atom. The molecule has 0 saturated heterocycles. The standard InChI is InChI=1S/C13H14N2/c1-9(2)10-3-6-12-13(7-10)15(8-14-12)11-4-5-11/h3,6-8,11H,1,4-5H2,2H3. The van der Waals surface area contributed by atoms with Crippen molar-refractivity contribution < 1.29 is 0 Å². The number of nitrogens with zero attached hydrogens (tertiary/aromatic N) is 2. The highest BCUT2D eigenvalue weighted by Crippen LogP contribution is 2.37. The molecular weight excluding hydrogens is 184 g/mol. The molecule has 0 bridgehead atoms. The highest BCUT2D eigenvalue weighted by atomic mass is 15.1. The van der Waals surface area contributed by atoms with Gasteiger partial charge in [0.15, 0.2) is 0 Å². The van der Waals surface area contributed by atoms with E-state index in [1.807, 2.05) is 13.3 Å². The van der Waals surface area contributed by atoms with Crippen LogP contribution in [-0.4, -0.2) is 9.55 Å². The summed E-state index contributed by atoms with van der Waals surface area (Å²) < 4.78 is 2.29. The van der Waals surface area contributed by atoms with Crippen molar-refractivity contribution in [2.45, 2.75) is 25.8 Å². The van der Waals surface area contributed by atoms with Crippen molar-refractivity contribution in [1.82, 2.24) is 9.55 Å². The third-order valence-corrected chi connectivity index (χ3v) is 3.01. The monoisotopic (exact) mass is 198 g/mol. The smallest absolute Gasteiger partial charge is 0.0960 e. The maximum absolute atomic E-state index is 4.41. The second-order valence-electron chi connectivity index (χ2n) is 4.37. The molecule has 1 heterocycles. The maximum atomic E-state index is 4.41. The molecule has 0 aliphatic heterocycles. The molecule has 2 nitrogen and oxygen atoms in total. The summed E-state index contributed by atoms with van der Waals surface area (Å²) in [5.41, 5.74) is 4.66. The molecule has 1 aromatic heterocycles. The Morgan fingerprint density at radius 3 is 2.93 bits per heavy atom. The third-order valence-electron chi connectivity index (χ3n) is 3.01. The first-order valence-electron chi connectivity index (χ1n) is 5.38. The third kappa shape index (κ3) is 1.37. The van der Waals surface area contributed by atoms with Gasteiger partial charge in [-0.3, -0.25) is 0 Å². The average Bonchev–Trinajstić information content (AvgIpc) is 2.98. The predicted octanol–water partition coefficient (Wildman–Crippen LogP) is 3.40. The van der Waals surface area contributed by atoms with Gasteiger partial charge in [-0.05, 0) is 37.5 Å². The van der Waals surface area contributed by atoms with E-state index in [1.165, 1.54) is 23.9 Å². The Kier molecular flexibility index (Phi) is 1.72. The normalized spacial score (nSPS) is 15.8. The van der Waals surface area contributed by atoms with Gasteiger partial charge in [-0.15, -0.1) is 0 Å². The van der Waals surface area contributed by atoms with Crippen LogP contribution in [0.2, 0.25) is 0 Å². The molecule has 0 spiro atoms. The Hall–Kier alpha value is -1.57. The molecule has 1 fully saturated rings. The SMILES string of the molecule is C=C(C)c1ccc2ncn(C3CC3)c2c1. The molecule has 0 atom stereocenters. The number of aromatic nitrogens is 2. The topological polar surface area (TPSA) is 17.8 Å². The van der Waals surface area contributed by atoms with Crippen molar-refractivity contribution in [1.29, 1.82) is 0 Å². The van der Waals surface area contributed by atoms with E-state index < -0.39 is 0 Å². The van der Waals surface area contributed by atoms with Gasteiger partial charge in [0, 0.05) is 6.04 Å². The second-order valence-corrected chi connectivity index (χ2v) is 4.37. The maximum Gasteiger partial charge on any atom is 0.0960 e. The lowest BCUT2D eigenvalue weighted by atomic mass is 10.1. The number of allylic oxidation sites excluding steroid dienone is 1. The zero-order valence-corrected chi connectivity index (χ0v) is 8.90. The lowest BCUT2D eigenvalue weighted by Crippen LogP contribution is -1.91. The van der Waals surface area contributed by atoms with Gasteiger partial charge >= 0.3 is 0 Å². The average molecular weight is 198 g/mol. The van der Waals surface area contributed by atoms with Gasteiger partial charge in [-0.25, -0.2) is 4.98 Å². The number of imidazole rings is 1. The number of fused-ring (bicyclic) bond motifs is 1. The zero-order chi connectivity index (χ0) is 10.4. The molecule has 0 amide bonds. The first kappa shape index (κ1) is 8.72. The van der Waals surface area contributed by atoms with Gasteiger partial charge in [-0.2, -0.15) is 0 Å². The van der Waals surface area contributed by atoms with Gasteiger partial charge in [0.1, 0.15) is 0 Å². The van der Waals surface area contributed by atoms with Gasteiger partial charge in [0.2, 0.25) is 0 Å². The van der Waals surface area contributed by atoms with Crippen LogP contribution < -0.4 is 0 Å². The van der Waals surface area contributed by atoms with Crippen LogP contribution in [-0.2, 0) is 0 Å². The number of hydrogen-bond donors (Lipinski definition) is 0. The van der Waals surface area contributed by atoms with Crippen LogP contribution in [0.5, 0.6) is 0 Å². The number of hydrogen-bond acceptors (Lipinski definition) is 1. The van der Waals surface area contributed by atoms with Crippen LogP contribution >= 0.6 is 0 Å². The molecule has 15 heavy (non-hydrogen) atoms. The lowest BCUT2D eigenvalue weighted by Gasteiger charge is -2.03. The predicted molar refractivity (Wildman–Crippen MR) is 62.7 cm³/mol. The van der Waals surface area contributed by atoms with Gasteiger partial charge in [-0.1, -0.05) is 18.2 Å². The highest BCUT2D eigenvalue weighted by molar-refractivity contribution is 5.80. The van der Waals surface area contributed by atoms with Crippen LogP contribution in [0.3, 0.4) is 0 Å². The molecule has 0 radical (unpaired) electrons. The summed E-state index contributed by atoms with van der Waals surface area (Å²) >= 11 is 0. The van der Waals surface area contributed by atoms with Crippen molar-refractivity contribution in [2.24, 2.45) is 0 Å². The minimum absolute atomic E-state index is 0.690. The van der Waals surface area contributed by atoms with E-state index in [9.17, 15) is 0 Å². The quantitative estimate of drug-likeness (QED) is 0.723. The van der Waals surface area contributed by atoms with Crippen LogP contribution in [0.4, 0.5) is 0 Å². The van der Waals surface area contributed by atoms with E-state index in [0.29, 0.717) is 6.04 Å². The summed E-state index contributed by atoms with van der Waals surface area (Å²) in [6.45, 7) is 6.02. The van der Waals surface area contributed by atoms with Crippen LogP contribution in [0.25, 0.3) is 16.6 Å². The van der Waals surface area contributed by atoms with Crippen molar-refractivity contribution in [3.05, 3.63) is 36.7 Å². The molecule has 3 rings (SSSR count). The van der Waals surface area contributed by atoms with Crippen molar-refractivity contribution in [3.63, 3.8) is 0 Å². The summed E-state index contributed by atoms with van der Waals surface area (Å²) in [4.78, 5) is 4.41. The van der Waals surface area contributed by atoms with E-state index in [1.54, 1.807) is 0 Å². The van der Waals surface area contributed by atoms with Gasteiger partial charge < -0.3 is 4.57 Å². The van der Waals surface area contributed by atoms with Crippen LogP contribution in [0, 0.1) is 0 Å². The molecule has 76 valence electrons. The fourth-order valence-electron chi connectivity index (χ4n) is 1.94. The minimum Gasteiger partial charge on any atom is -0.327 e. The van der Waals surface area contributed by atoms with Crippen molar-refractivity contribution in [3.8, 4) is 0 Å². The Balaban J connectivity index is 2.21. The molecule has 2 heteroatoms. The Bertz CT molecular complexity index is 532. The minimum atomic E-state index is 0.690. The van der Waals surface area contributed by atoms with Crippen molar-refractivity contribution >= 4 is 16.6 Å². The molecule has 1 aliphatic rings. The van der Waals surface area contributed by atoms with Crippen LogP contribution in [0.15, 0.2) is 31.1 Å². The van der Waals surface area contributed by atoms with E-state index in [0.717, 1.165) is 11.1 Å². The summed E-state index contributed by atoms with van der Waals surface area (Å²) in [6, 6.07) is 7.06. The molecular formula is C13H14N2. The Morgan fingerprint density at radius 1 is 1.47 bits per heavy atom. The van der Waals surface area contributed by atoms with E-state index in [4.69, 9.17) is 0 Å². The van der Waals surface area contributed by atoms with Crippen molar-refractivity contribution in [2.75, 3.05) is 0 Å². The molecule has 0 N–H and O–H groups in total. The molecule has 1 aromatic carbocycles. The molecule has 0 unspecified atom stereocenters. The summed E-state index contributed by atoms with van der Waals surface area (Å²) in [5.74, 6) is 0. The molecule has 1 saturated carbocycles.